The van der Waals surface area contributed by atoms with Crippen molar-refractivity contribution in [1.82, 2.24) is 19.6 Å². The molecule has 5 aliphatic heterocycles. The summed E-state index contributed by atoms with van der Waals surface area (Å²) in [4.78, 5) is 69.8. The van der Waals surface area contributed by atoms with E-state index in [0.29, 0.717) is 54.1 Å². The first-order chi connectivity index (χ1) is 30.1. The monoisotopic (exact) mass is 893 g/mol. The van der Waals surface area contributed by atoms with Gasteiger partial charge in [-0.2, -0.15) is 8.42 Å². The summed E-state index contributed by atoms with van der Waals surface area (Å²) in [6.07, 6.45) is 3.24. The summed E-state index contributed by atoms with van der Waals surface area (Å²) in [5, 5.41) is -1.21. The minimum atomic E-state index is -4.49. The van der Waals surface area contributed by atoms with Crippen LogP contribution in [-0.2, 0) is 35.6 Å². The molecule has 2 aromatic rings. The maximum absolute atomic E-state index is 14.1. The fourth-order valence-electron chi connectivity index (χ4n) is 8.64. The van der Waals surface area contributed by atoms with Crippen LogP contribution >= 0.6 is 0 Å². The minimum absolute atomic E-state index is 0.0774. The summed E-state index contributed by atoms with van der Waals surface area (Å²) in [6.45, 7) is 9.10. The fraction of sp³-hybridized carbons (Fsp3) is 0.465. The van der Waals surface area contributed by atoms with Gasteiger partial charge in [0.05, 0.1) is 64.8 Å². The number of hydrogen-bond donors (Lipinski definition) is 2. The quantitative estimate of drug-likeness (QED) is 0.0811. The highest BCUT2D eigenvalue weighted by molar-refractivity contribution is 7.86. The van der Waals surface area contributed by atoms with Crippen molar-refractivity contribution in [2.45, 2.75) is 62.1 Å². The summed E-state index contributed by atoms with van der Waals surface area (Å²) in [7, 11) is -1.59. The number of hydrogen-bond acceptors (Lipinski definition) is 14. The summed E-state index contributed by atoms with van der Waals surface area (Å²) in [5.41, 5.74) is 8.95. The molecule has 5 aliphatic rings. The van der Waals surface area contributed by atoms with Crippen LogP contribution in [0.4, 0.5) is 10.5 Å². The van der Waals surface area contributed by atoms with Crippen LogP contribution in [-0.4, -0.2) is 153 Å². The fourth-order valence-corrected chi connectivity index (χ4v) is 9.67. The van der Waals surface area contributed by atoms with Gasteiger partial charge in [0, 0.05) is 42.6 Å². The van der Waals surface area contributed by atoms with Crippen LogP contribution in [0.15, 0.2) is 60.7 Å². The van der Waals surface area contributed by atoms with E-state index in [1.807, 2.05) is 0 Å². The summed E-state index contributed by atoms with van der Waals surface area (Å²) >= 11 is 0. The van der Waals surface area contributed by atoms with Gasteiger partial charge in [-0.1, -0.05) is 24.3 Å². The van der Waals surface area contributed by atoms with Crippen LogP contribution < -0.4 is 24.7 Å². The zero-order valence-corrected chi connectivity index (χ0v) is 35.9. The van der Waals surface area contributed by atoms with E-state index in [2.05, 4.69) is 13.2 Å². The van der Waals surface area contributed by atoms with E-state index in [4.69, 9.17) is 34.2 Å². The Morgan fingerprint density at radius 1 is 0.825 bits per heavy atom. The number of fused-ring (bicyclic) bond motifs is 2. The third-order valence-corrected chi connectivity index (χ3v) is 13.0. The van der Waals surface area contributed by atoms with Crippen LogP contribution in [0.25, 0.3) is 0 Å². The summed E-state index contributed by atoms with van der Waals surface area (Å²) in [6, 6.07) is 4.87. The van der Waals surface area contributed by atoms with Crippen molar-refractivity contribution in [3.05, 3.63) is 77.4 Å². The Morgan fingerprint density at radius 3 is 2.13 bits per heavy atom. The highest BCUT2D eigenvalue weighted by Gasteiger charge is 2.47. The van der Waals surface area contributed by atoms with E-state index >= 15 is 0 Å². The van der Waals surface area contributed by atoms with Gasteiger partial charge in [0.2, 0.25) is 0 Å². The number of amides is 5. The Balaban J connectivity index is 0.918. The van der Waals surface area contributed by atoms with E-state index in [1.54, 1.807) is 17.0 Å². The van der Waals surface area contributed by atoms with Gasteiger partial charge in [0.25, 0.3) is 33.7 Å². The van der Waals surface area contributed by atoms with E-state index in [0.717, 1.165) is 22.6 Å². The number of nitrogens with zero attached hydrogens (tertiary/aromatic N) is 4. The van der Waals surface area contributed by atoms with Crippen LogP contribution in [0.2, 0.25) is 0 Å². The maximum atomic E-state index is 14.1. The number of carbonyl (C=O) groups is 5. The largest absolute Gasteiger partial charge is 0.493 e. The predicted octanol–water partition coefficient (Wildman–Crippen LogP) is 2.99. The average Bonchev–Trinajstić information content (AvgIpc) is 4.04. The van der Waals surface area contributed by atoms with Gasteiger partial charge in [0.1, 0.15) is 11.9 Å². The molecule has 63 heavy (non-hydrogen) atoms. The molecule has 0 aromatic heterocycles. The Morgan fingerprint density at radius 2 is 1.46 bits per heavy atom. The molecule has 4 atom stereocenters. The van der Waals surface area contributed by atoms with Crippen molar-refractivity contribution in [3.8, 4) is 23.0 Å². The van der Waals surface area contributed by atoms with Gasteiger partial charge >= 0.3 is 6.09 Å². The number of anilines is 1. The molecule has 0 bridgehead atoms. The van der Waals surface area contributed by atoms with Crippen LogP contribution in [0.5, 0.6) is 23.0 Å². The molecule has 0 aliphatic carbocycles. The molecule has 338 valence electrons. The SMILES string of the molecule is C=C1C[C@@H](C2OCCN2C(=O)OCCN2C(=O)C=CC2=O)N(C(=O)c2cc(OC)c(OCCCCCOc3cc4c(cc3OC)C(=O)N3CC(=C)C[C@H]3C(S(=O)(=O)O)C4)cc2N)C1. The standard InChI is InChI=1S/C43H51N5O14S/c1-25-16-31-37(63(54,55)56)19-27-18-35(33(57-3)20-28(27)40(51)47(31)23-25)59-12-6-5-7-13-60-36-22-30(44)29(21-34(36)58-4)41(52)48-24-26(2)17-32(48)42-46(11-14-61-42)43(53)62-15-10-45-38(49)8-9-39(45)50/h8-9,18,20-22,31-32,37,42H,1-2,5-7,10-17,19,23-24,44H2,3-4H3,(H,54,55,56)/t31-,32-,37?,42?/m0/s1. The Labute approximate surface area is 364 Å². The first kappa shape index (κ1) is 44.9. The highest BCUT2D eigenvalue weighted by atomic mass is 32.2. The average molecular weight is 894 g/mol. The molecule has 3 N–H and O–H groups in total. The Hall–Kier alpha value is -6.12. The number of methoxy groups -OCH3 is 2. The van der Waals surface area contributed by atoms with Crippen LogP contribution in [0, 0.1) is 0 Å². The molecule has 0 spiro atoms. The molecule has 5 amide bonds. The van der Waals surface area contributed by atoms with Crippen molar-refractivity contribution in [2.24, 2.45) is 0 Å². The van der Waals surface area contributed by atoms with Crippen molar-refractivity contribution < 1.29 is 65.4 Å². The van der Waals surface area contributed by atoms with Gasteiger partial charge in [-0.25, -0.2) is 4.79 Å². The van der Waals surface area contributed by atoms with E-state index in [1.165, 1.54) is 36.2 Å². The zero-order valence-electron chi connectivity index (χ0n) is 35.1. The van der Waals surface area contributed by atoms with Crippen molar-refractivity contribution in [3.63, 3.8) is 0 Å². The molecule has 2 aromatic carbocycles. The van der Waals surface area contributed by atoms with Crippen molar-refractivity contribution in [2.75, 3.05) is 72.6 Å². The van der Waals surface area contributed by atoms with E-state index in [-0.39, 0.29) is 93.9 Å². The van der Waals surface area contributed by atoms with Crippen molar-refractivity contribution in [1.29, 1.82) is 0 Å². The number of rotatable bonds is 16. The highest BCUT2D eigenvalue weighted by Crippen LogP contribution is 2.40. The van der Waals surface area contributed by atoms with Crippen LogP contribution in [0.1, 0.15) is 58.4 Å². The smallest absolute Gasteiger partial charge is 0.412 e. The second-order valence-corrected chi connectivity index (χ2v) is 17.5. The number of likely N-dealkylation sites (tertiary alicyclic amines) is 1. The number of imide groups is 1. The second kappa shape index (κ2) is 18.7. The molecule has 0 saturated carbocycles. The number of carbonyl (C=O) groups excluding carboxylic acids is 5. The molecule has 0 radical (unpaired) electrons. The molecular formula is C43H51N5O14S. The molecule has 7 rings (SSSR count). The van der Waals surface area contributed by atoms with E-state index in [9.17, 15) is 36.9 Å². The zero-order chi connectivity index (χ0) is 45.2. The van der Waals surface area contributed by atoms with Gasteiger partial charge in [-0.15, -0.1) is 0 Å². The molecule has 19 nitrogen and oxygen atoms in total. The third kappa shape index (κ3) is 9.47. The first-order valence-electron chi connectivity index (χ1n) is 20.5. The first-order valence-corrected chi connectivity index (χ1v) is 22.0. The van der Waals surface area contributed by atoms with Gasteiger partial charge < -0.3 is 44.0 Å². The summed E-state index contributed by atoms with van der Waals surface area (Å²) in [5.74, 6) is -0.461. The molecule has 2 unspecified atom stereocenters. The number of nitrogen functional groups attached to an aromatic ring is 1. The molecule has 5 heterocycles. The lowest BCUT2D eigenvalue weighted by Gasteiger charge is -2.33. The number of unbranched alkanes of at least 4 members (excludes halogenated alkanes) is 2. The minimum Gasteiger partial charge on any atom is -0.493 e. The number of ether oxygens (including phenoxy) is 6. The van der Waals surface area contributed by atoms with Gasteiger partial charge in [0.15, 0.2) is 29.2 Å². The lowest BCUT2D eigenvalue weighted by atomic mass is 9.99. The maximum Gasteiger partial charge on any atom is 0.412 e. The molecule has 20 heteroatoms. The molecule has 3 saturated heterocycles. The normalized spacial score (nSPS) is 22.1. The van der Waals surface area contributed by atoms with Gasteiger partial charge in [-0.05, 0) is 62.3 Å². The number of benzene rings is 2. The predicted molar refractivity (Wildman–Crippen MR) is 225 cm³/mol. The Kier molecular flexibility index (Phi) is 13.3. The summed E-state index contributed by atoms with van der Waals surface area (Å²) < 4.78 is 69.6. The van der Waals surface area contributed by atoms with E-state index < -0.39 is 57.5 Å². The lowest BCUT2D eigenvalue weighted by molar-refractivity contribution is -0.137. The second-order valence-electron chi connectivity index (χ2n) is 15.9. The van der Waals surface area contributed by atoms with Crippen molar-refractivity contribution >= 4 is 45.5 Å². The van der Waals surface area contributed by atoms with Gasteiger partial charge in [-0.3, -0.25) is 33.5 Å². The molecular weight excluding hydrogens is 843 g/mol. The van der Waals surface area contributed by atoms with Crippen LogP contribution in [0.3, 0.4) is 0 Å². The molecule has 3 fully saturated rings. The third-order valence-electron chi connectivity index (χ3n) is 11.8. The Bertz CT molecular complexity index is 2330. The lowest BCUT2D eigenvalue weighted by Crippen LogP contribution is -2.51. The topological polar surface area (TPSA) is 234 Å². The number of nitrogens with two attached hydrogens (primary N) is 1.